The number of fused-ring (bicyclic) bond motifs is 1. The lowest BCUT2D eigenvalue weighted by molar-refractivity contribution is -0.123. The van der Waals surface area contributed by atoms with Crippen LogP contribution in [0.2, 0.25) is 0 Å². The lowest BCUT2D eigenvalue weighted by atomic mass is 10.2. The molecule has 0 saturated heterocycles. The number of rotatable bonds is 4. The molecule has 2 aromatic carbocycles. The Morgan fingerprint density at radius 1 is 1.04 bits per heavy atom. The smallest absolute Gasteiger partial charge is 0.339 e. The van der Waals surface area contributed by atoms with E-state index in [0.29, 0.717) is 30.8 Å². The van der Waals surface area contributed by atoms with E-state index in [4.69, 9.17) is 14.2 Å². The zero-order valence-electron chi connectivity index (χ0n) is 14.1. The second-order valence-corrected chi connectivity index (χ2v) is 5.62. The molecule has 1 aliphatic rings. The van der Waals surface area contributed by atoms with Crippen molar-refractivity contribution in [3.63, 3.8) is 0 Å². The van der Waals surface area contributed by atoms with Gasteiger partial charge in [0, 0.05) is 0 Å². The molecule has 2 aromatic rings. The van der Waals surface area contributed by atoms with E-state index in [0.717, 1.165) is 6.07 Å². The summed E-state index contributed by atoms with van der Waals surface area (Å²) in [7, 11) is 0. The fourth-order valence-corrected chi connectivity index (χ4v) is 2.31. The number of amides is 1. The maximum Gasteiger partial charge on any atom is 0.339 e. The molecule has 1 amide bonds. The predicted octanol–water partition coefficient (Wildman–Crippen LogP) is 3.06. The van der Waals surface area contributed by atoms with Crippen LogP contribution in [0, 0.1) is 17.5 Å². The van der Waals surface area contributed by atoms with Gasteiger partial charge in [-0.25, -0.2) is 18.0 Å². The Bertz CT molecular complexity index is 903. The third-order valence-corrected chi connectivity index (χ3v) is 3.72. The molecular weight excluding hydrogens is 367 g/mol. The number of nitrogens with one attached hydrogen (secondary N) is 1. The van der Waals surface area contributed by atoms with Crippen LogP contribution in [0.1, 0.15) is 17.3 Å². The van der Waals surface area contributed by atoms with Crippen molar-refractivity contribution in [2.45, 2.75) is 13.0 Å². The number of hydrogen-bond acceptors (Lipinski definition) is 5. The molecular formula is C18H14F3NO5. The van der Waals surface area contributed by atoms with Gasteiger partial charge in [-0.3, -0.25) is 4.79 Å². The second-order valence-electron chi connectivity index (χ2n) is 5.62. The van der Waals surface area contributed by atoms with Crippen LogP contribution in [0.25, 0.3) is 0 Å². The van der Waals surface area contributed by atoms with Gasteiger partial charge in [0.25, 0.3) is 5.91 Å². The third-order valence-electron chi connectivity index (χ3n) is 3.72. The molecule has 6 nitrogen and oxygen atoms in total. The summed E-state index contributed by atoms with van der Waals surface area (Å²) in [5, 5.41) is 2.04. The first kappa shape index (κ1) is 18.6. The summed E-state index contributed by atoms with van der Waals surface area (Å²) in [4.78, 5) is 24.2. The van der Waals surface area contributed by atoms with Crippen molar-refractivity contribution in [1.29, 1.82) is 0 Å². The minimum Gasteiger partial charge on any atom is -0.486 e. The number of carbonyl (C=O) groups is 2. The summed E-state index contributed by atoms with van der Waals surface area (Å²) in [6.07, 6.45) is -1.32. The summed E-state index contributed by atoms with van der Waals surface area (Å²) >= 11 is 0. The van der Waals surface area contributed by atoms with Gasteiger partial charge < -0.3 is 19.5 Å². The van der Waals surface area contributed by atoms with Crippen molar-refractivity contribution in [2.24, 2.45) is 0 Å². The Labute approximate surface area is 151 Å². The summed E-state index contributed by atoms with van der Waals surface area (Å²) in [5.74, 6) is -5.52. The first-order chi connectivity index (χ1) is 12.9. The van der Waals surface area contributed by atoms with Gasteiger partial charge in [0.15, 0.2) is 35.1 Å². The van der Waals surface area contributed by atoms with E-state index in [1.54, 1.807) is 0 Å². The number of hydrogen-bond donors (Lipinski definition) is 1. The molecule has 0 spiro atoms. The van der Waals surface area contributed by atoms with Gasteiger partial charge in [0.05, 0.1) is 11.3 Å². The van der Waals surface area contributed by atoms with Crippen molar-refractivity contribution in [3.05, 3.63) is 53.3 Å². The summed E-state index contributed by atoms with van der Waals surface area (Å²) in [5.41, 5.74) is -0.445. The van der Waals surface area contributed by atoms with Crippen molar-refractivity contribution in [2.75, 3.05) is 18.5 Å². The normalized spacial score (nSPS) is 13.6. The van der Waals surface area contributed by atoms with E-state index in [1.165, 1.54) is 25.1 Å². The molecule has 0 radical (unpaired) electrons. The molecule has 0 aromatic heterocycles. The van der Waals surface area contributed by atoms with Gasteiger partial charge in [-0.1, -0.05) is 0 Å². The van der Waals surface area contributed by atoms with E-state index in [9.17, 15) is 22.8 Å². The van der Waals surface area contributed by atoms with Crippen LogP contribution in [0.3, 0.4) is 0 Å². The van der Waals surface area contributed by atoms with E-state index in [1.807, 2.05) is 5.32 Å². The zero-order valence-corrected chi connectivity index (χ0v) is 14.1. The number of benzene rings is 2. The molecule has 142 valence electrons. The van der Waals surface area contributed by atoms with Crippen LogP contribution in [0.5, 0.6) is 11.5 Å². The number of carbonyl (C=O) groups excluding carboxylic acids is 2. The van der Waals surface area contributed by atoms with Crippen molar-refractivity contribution in [1.82, 2.24) is 0 Å². The third kappa shape index (κ3) is 3.97. The van der Waals surface area contributed by atoms with Crippen LogP contribution >= 0.6 is 0 Å². The Hall–Kier alpha value is -3.23. The molecule has 0 saturated carbocycles. The van der Waals surface area contributed by atoms with Gasteiger partial charge >= 0.3 is 5.97 Å². The number of halogens is 3. The molecule has 0 aliphatic carbocycles. The SMILES string of the molecule is C[C@H](OC(=O)c1ccc2c(c1)OCCO2)C(=O)Nc1ccc(F)c(F)c1F. The van der Waals surface area contributed by atoms with E-state index in [2.05, 4.69) is 0 Å². The highest BCUT2D eigenvalue weighted by molar-refractivity contribution is 5.97. The highest BCUT2D eigenvalue weighted by atomic mass is 19.2. The molecule has 3 rings (SSSR count). The van der Waals surface area contributed by atoms with Crippen molar-refractivity contribution >= 4 is 17.6 Å². The molecule has 1 N–H and O–H groups in total. The molecule has 0 unspecified atom stereocenters. The van der Waals surface area contributed by atoms with E-state index < -0.39 is 41.1 Å². The highest BCUT2D eigenvalue weighted by Gasteiger charge is 2.23. The number of anilines is 1. The maximum absolute atomic E-state index is 13.6. The maximum atomic E-state index is 13.6. The van der Waals surface area contributed by atoms with Crippen molar-refractivity contribution in [3.8, 4) is 11.5 Å². The lowest BCUT2D eigenvalue weighted by Gasteiger charge is -2.19. The van der Waals surface area contributed by atoms with Crippen LogP contribution in [-0.4, -0.2) is 31.2 Å². The summed E-state index contributed by atoms with van der Waals surface area (Å²) < 4.78 is 55.4. The van der Waals surface area contributed by atoms with Gasteiger partial charge in [-0.15, -0.1) is 0 Å². The zero-order chi connectivity index (χ0) is 19.6. The average molecular weight is 381 g/mol. The quantitative estimate of drug-likeness (QED) is 0.651. The van der Waals surface area contributed by atoms with Crippen LogP contribution in [-0.2, 0) is 9.53 Å². The Balaban J connectivity index is 1.66. The molecule has 1 atom stereocenters. The van der Waals surface area contributed by atoms with Gasteiger partial charge in [0.1, 0.15) is 13.2 Å². The first-order valence-electron chi connectivity index (χ1n) is 7.92. The Kier molecular flexibility index (Phi) is 5.20. The molecule has 9 heteroatoms. The van der Waals surface area contributed by atoms with E-state index in [-0.39, 0.29) is 5.56 Å². The summed E-state index contributed by atoms with van der Waals surface area (Å²) in [6, 6.07) is 5.92. The molecule has 1 heterocycles. The second kappa shape index (κ2) is 7.56. The Morgan fingerprint density at radius 3 is 2.48 bits per heavy atom. The minimum atomic E-state index is -1.71. The molecule has 27 heavy (non-hydrogen) atoms. The molecule has 0 bridgehead atoms. The standard InChI is InChI=1S/C18H14F3NO5/c1-9(17(23)22-12-4-3-11(19)15(20)16(12)21)27-18(24)10-2-5-13-14(8-10)26-7-6-25-13/h2-5,8-9H,6-7H2,1H3,(H,22,23)/t9-/m0/s1. The summed E-state index contributed by atoms with van der Waals surface area (Å²) in [6.45, 7) is 1.99. The van der Waals surface area contributed by atoms with E-state index >= 15 is 0 Å². The van der Waals surface area contributed by atoms with Gasteiger partial charge in [0.2, 0.25) is 0 Å². The van der Waals surface area contributed by atoms with Crippen LogP contribution < -0.4 is 14.8 Å². The van der Waals surface area contributed by atoms with Crippen molar-refractivity contribution < 1.29 is 37.0 Å². The number of ether oxygens (including phenoxy) is 3. The fourth-order valence-electron chi connectivity index (χ4n) is 2.31. The highest BCUT2D eigenvalue weighted by Crippen LogP contribution is 2.31. The molecule has 0 fully saturated rings. The topological polar surface area (TPSA) is 73.9 Å². The first-order valence-corrected chi connectivity index (χ1v) is 7.92. The number of esters is 1. The van der Waals surface area contributed by atoms with Gasteiger partial charge in [-0.05, 0) is 37.3 Å². The fraction of sp³-hybridized carbons (Fsp3) is 0.222. The molecule has 1 aliphatic heterocycles. The van der Waals surface area contributed by atoms with Crippen LogP contribution in [0.15, 0.2) is 30.3 Å². The largest absolute Gasteiger partial charge is 0.486 e. The lowest BCUT2D eigenvalue weighted by Crippen LogP contribution is -2.30. The minimum absolute atomic E-state index is 0.123. The average Bonchev–Trinajstić information content (AvgIpc) is 2.67. The van der Waals surface area contributed by atoms with Gasteiger partial charge in [-0.2, -0.15) is 0 Å². The Morgan fingerprint density at radius 2 is 1.74 bits per heavy atom. The predicted molar refractivity (Wildman–Crippen MR) is 87.3 cm³/mol. The monoisotopic (exact) mass is 381 g/mol. The van der Waals surface area contributed by atoms with Crippen LogP contribution in [0.4, 0.5) is 18.9 Å².